The molecule has 0 aromatic heterocycles. The molecular weight excluding hydrogens is 478 g/mol. The molecule has 0 aromatic rings. The van der Waals surface area contributed by atoms with Crippen LogP contribution in [0.1, 0.15) is 112 Å². The van der Waals surface area contributed by atoms with E-state index in [9.17, 15) is 19.2 Å². The van der Waals surface area contributed by atoms with Crippen molar-refractivity contribution in [1.82, 2.24) is 5.32 Å². The van der Waals surface area contributed by atoms with E-state index in [-0.39, 0.29) is 37.7 Å². The molecule has 0 fully saturated rings. The van der Waals surface area contributed by atoms with Crippen LogP contribution in [0.15, 0.2) is 0 Å². The molecule has 0 aliphatic heterocycles. The summed E-state index contributed by atoms with van der Waals surface area (Å²) in [7, 11) is 0. The Morgan fingerprint density at radius 3 is 2.00 bits per heavy atom. The standard InChI is InChI=1S/C28H51NO8/c1-6-9-15-23(7-2)22-37-25(31)17-12-14-19-34-24(30)16-11-10-13-20-36-27(33)29-18-21-35-26(32)28(4,5)8-3/h23H,6-22H2,1-5H3,(H,29,33). The topological polar surface area (TPSA) is 117 Å². The zero-order chi connectivity index (χ0) is 27.9. The normalized spacial score (nSPS) is 11.9. The van der Waals surface area contributed by atoms with Gasteiger partial charge in [0.2, 0.25) is 0 Å². The van der Waals surface area contributed by atoms with Crippen LogP contribution in [0.4, 0.5) is 4.79 Å². The number of alkyl carbamates (subject to hydrolysis) is 1. The van der Waals surface area contributed by atoms with Crippen LogP contribution in [0.5, 0.6) is 0 Å². The number of hydrogen-bond donors (Lipinski definition) is 1. The summed E-state index contributed by atoms with van der Waals surface area (Å²) in [4.78, 5) is 47.1. The lowest BCUT2D eigenvalue weighted by atomic mass is 9.91. The number of carbonyl (C=O) groups excluding carboxylic acids is 4. The van der Waals surface area contributed by atoms with Crippen molar-refractivity contribution in [3.8, 4) is 0 Å². The van der Waals surface area contributed by atoms with Crippen LogP contribution in [0, 0.1) is 11.3 Å². The second kappa shape index (κ2) is 21.7. The predicted molar refractivity (Wildman–Crippen MR) is 142 cm³/mol. The van der Waals surface area contributed by atoms with E-state index in [1.807, 2.05) is 20.8 Å². The lowest BCUT2D eigenvalue weighted by Crippen LogP contribution is -2.32. The van der Waals surface area contributed by atoms with Gasteiger partial charge in [-0.1, -0.05) is 40.0 Å². The van der Waals surface area contributed by atoms with Gasteiger partial charge in [-0.2, -0.15) is 0 Å². The molecule has 0 aliphatic carbocycles. The molecule has 9 nitrogen and oxygen atoms in total. The Morgan fingerprint density at radius 2 is 1.35 bits per heavy atom. The Kier molecular flexibility index (Phi) is 20.4. The molecule has 0 aromatic carbocycles. The summed E-state index contributed by atoms with van der Waals surface area (Å²) >= 11 is 0. The first kappa shape index (κ1) is 34.7. The van der Waals surface area contributed by atoms with Crippen molar-refractivity contribution in [1.29, 1.82) is 0 Å². The molecule has 1 unspecified atom stereocenters. The highest BCUT2D eigenvalue weighted by Gasteiger charge is 2.26. The summed E-state index contributed by atoms with van der Waals surface area (Å²) in [6, 6.07) is 0. The highest BCUT2D eigenvalue weighted by molar-refractivity contribution is 5.75. The summed E-state index contributed by atoms with van der Waals surface area (Å²) in [5.74, 6) is -0.294. The van der Waals surface area contributed by atoms with E-state index in [2.05, 4.69) is 19.2 Å². The van der Waals surface area contributed by atoms with E-state index in [4.69, 9.17) is 18.9 Å². The number of rotatable bonds is 22. The van der Waals surface area contributed by atoms with Crippen LogP contribution in [-0.2, 0) is 33.3 Å². The van der Waals surface area contributed by atoms with Crippen LogP contribution in [-0.4, -0.2) is 57.0 Å². The maximum Gasteiger partial charge on any atom is 0.407 e. The van der Waals surface area contributed by atoms with Crippen molar-refractivity contribution < 1.29 is 38.1 Å². The van der Waals surface area contributed by atoms with Crippen molar-refractivity contribution in [2.75, 3.05) is 33.0 Å². The summed E-state index contributed by atoms with van der Waals surface area (Å²) < 4.78 is 20.8. The number of nitrogens with one attached hydrogen (secondary N) is 1. The van der Waals surface area contributed by atoms with E-state index in [1.165, 1.54) is 0 Å². The van der Waals surface area contributed by atoms with Crippen molar-refractivity contribution in [2.45, 2.75) is 112 Å². The van der Waals surface area contributed by atoms with Crippen molar-refractivity contribution in [3.63, 3.8) is 0 Å². The zero-order valence-electron chi connectivity index (χ0n) is 23.9. The molecule has 0 heterocycles. The van der Waals surface area contributed by atoms with Crippen LogP contribution < -0.4 is 5.32 Å². The minimum atomic E-state index is -0.559. The first-order valence-electron chi connectivity index (χ1n) is 14.0. The maximum absolute atomic E-state index is 11.9. The molecule has 9 heteroatoms. The van der Waals surface area contributed by atoms with Gasteiger partial charge in [-0.25, -0.2) is 4.79 Å². The Morgan fingerprint density at radius 1 is 0.730 bits per heavy atom. The molecule has 0 aliphatic rings. The lowest BCUT2D eigenvalue weighted by Gasteiger charge is -2.20. The quantitative estimate of drug-likeness (QED) is 0.107. The van der Waals surface area contributed by atoms with Crippen molar-refractivity contribution in [3.05, 3.63) is 0 Å². The van der Waals surface area contributed by atoms with Gasteiger partial charge >= 0.3 is 24.0 Å². The molecule has 1 atom stereocenters. The molecule has 0 saturated heterocycles. The highest BCUT2D eigenvalue weighted by atomic mass is 16.6. The fraction of sp³-hybridized carbons (Fsp3) is 0.857. The minimum absolute atomic E-state index is 0.0993. The summed E-state index contributed by atoms with van der Waals surface area (Å²) in [6.07, 6.45) is 8.48. The van der Waals surface area contributed by atoms with Gasteiger partial charge in [0.1, 0.15) is 6.61 Å². The first-order chi connectivity index (χ1) is 17.7. The highest BCUT2D eigenvalue weighted by Crippen LogP contribution is 2.21. The molecule has 0 saturated carbocycles. The number of esters is 3. The third-order valence-electron chi connectivity index (χ3n) is 6.36. The van der Waals surface area contributed by atoms with Gasteiger partial charge in [-0.05, 0) is 64.7 Å². The second-order valence-corrected chi connectivity index (χ2v) is 10.0. The van der Waals surface area contributed by atoms with Gasteiger partial charge in [0, 0.05) is 12.8 Å². The summed E-state index contributed by atoms with van der Waals surface area (Å²) in [5, 5.41) is 2.54. The van der Waals surface area contributed by atoms with Crippen LogP contribution >= 0.6 is 0 Å². The van der Waals surface area contributed by atoms with Gasteiger partial charge in [0.15, 0.2) is 0 Å². The van der Waals surface area contributed by atoms with Gasteiger partial charge in [0.05, 0.1) is 31.8 Å². The molecule has 0 spiro atoms. The number of ether oxygens (including phenoxy) is 4. The Balaban J connectivity index is 3.61. The molecule has 0 rings (SSSR count). The van der Waals surface area contributed by atoms with Gasteiger partial charge < -0.3 is 24.3 Å². The average Bonchev–Trinajstić information content (AvgIpc) is 2.88. The molecule has 0 bridgehead atoms. The molecule has 1 N–H and O–H groups in total. The van der Waals surface area contributed by atoms with Gasteiger partial charge in [-0.3, -0.25) is 14.4 Å². The van der Waals surface area contributed by atoms with Crippen LogP contribution in [0.2, 0.25) is 0 Å². The Bertz CT molecular complexity index is 650. The predicted octanol–water partition coefficient (Wildman–Crippen LogP) is 5.73. The fourth-order valence-corrected chi connectivity index (χ4v) is 3.21. The lowest BCUT2D eigenvalue weighted by molar-refractivity contribution is -0.154. The largest absolute Gasteiger partial charge is 0.466 e. The molecule has 1 amide bonds. The third-order valence-corrected chi connectivity index (χ3v) is 6.36. The molecule has 0 radical (unpaired) electrons. The van der Waals surface area contributed by atoms with Crippen molar-refractivity contribution in [2.24, 2.45) is 11.3 Å². The monoisotopic (exact) mass is 529 g/mol. The van der Waals surface area contributed by atoms with Crippen molar-refractivity contribution >= 4 is 24.0 Å². The smallest absolute Gasteiger partial charge is 0.407 e. The van der Waals surface area contributed by atoms with E-state index in [0.29, 0.717) is 64.1 Å². The van der Waals surface area contributed by atoms with Gasteiger partial charge in [-0.15, -0.1) is 0 Å². The third kappa shape index (κ3) is 19.5. The van der Waals surface area contributed by atoms with Gasteiger partial charge in [0.25, 0.3) is 0 Å². The van der Waals surface area contributed by atoms with E-state index in [0.717, 1.165) is 32.1 Å². The Labute approximate surface area is 223 Å². The zero-order valence-corrected chi connectivity index (χ0v) is 23.9. The van der Waals surface area contributed by atoms with Crippen LogP contribution in [0.3, 0.4) is 0 Å². The Hall–Kier alpha value is -2.32. The van der Waals surface area contributed by atoms with Crippen LogP contribution in [0.25, 0.3) is 0 Å². The number of carbonyl (C=O) groups is 4. The number of hydrogen-bond acceptors (Lipinski definition) is 8. The molecular formula is C28H51NO8. The van der Waals surface area contributed by atoms with E-state index >= 15 is 0 Å². The maximum atomic E-state index is 11.9. The average molecular weight is 530 g/mol. The number of unbranched alkanes of at least 4 members (excludes halogenated alkanes) is 4. The summed E-state index contributed by atoms with van der Waals surface area (Å²) in [5.41, 5.74) is -0.533. The molecule has 216 valence electrons. The minimum Gasteiger partial charge on any atom is -0.466 e. The SMILES string of the molecule is CCCCC(CC)COC(=O)CCCCOC(=O)CCCCCOC(=O)NCCOC(=O)C(C)(C)CC. The fourth-order valence-electron chi connectivity index (χ4n) is 3.21. The number of amides is 1. The first-order valence-corrected chi connectivity index (χ1v) is 14.0. The second-order valence-electron chi connectivity index (χ2n) is 10.0. The summed E-state index contributed by atoms with van der Waals surface area (Å²) in [6.45, 7) is 11.2. The molecule has 37 heavy (non-hydrogen) atoms. The van der Waals surface area contributed by atoms with E-state index in [1.54, 1.807) is 0 Å². The van der Waals surface area contributed by atoms with E-state index < -0.39 is 11.5 Å².